The van der Waals surface area contributed by atoms with E-state index < -0.39 is 20.5 Å². The van der Waals surface area contributed by atoms with Gasteiger partial charge in [0.15, 0.2) is 0 Å². The van der Waals surface area contributed by atoms with Crippen molar-refractivity contribution in [1.82, 2.24) is 4.98 Å². The Hall–Kier alpha value is -2.18. The molecular weight excluding hydrogens is 404 g/mol. The van der Waals surface area contributed by atoms with Gasteiger partial charge in [-0.2, -0.15) is 0 Å². The van der Waals surface area contributed by atoms with Crippen molar-refractivity contribution >= 4 is 20.5 Å². The minimum absolute atomic E-state index is 0. The van der Waals surface area contributed by atoms with E-state index in [2.05, 4.69) is 17.1 Å². The summed E-state index contributed by atoms with van der Waals surface area (Å²) >= 11 is -0.439. The first kappa shape index (κ1) is 20.1. The van der Waals surface area contributed by atoms with Gasteiger partial charge in [0.05, 0.1) is 0 Å². The van der Waals surface area contributed by atoms with E-state index >= 15 is 0 Å². The number of carbonyl (C=O) groups excluding carboxylic acids is 1. The van der Waals surface area contributed by atoms with E-state index in [0.717, 1.165) is 16.7 Å². The zero-order chi connectivity index (χ0) is 18.0. The molecule has 0 aliphatic carbocycles. The summed E-state index contributed by atoms with van der Waals surface area (Å²) in [5.74, 6) is -1.19. The van der Waals surface area contributed by atoms with Crippen LogP contribution in [-0.4, -0.2) is 25.5 Å². The summed E-state index contributed by atoms with van der Waals surface area (Å²) in [5, 5.41) is 29.5. The second-order valence-electron chi connectivity index (χ2n) is 5.28. The second kappa shape index (κ2) is 8.47. The number of carboxylic acids is 1. The Morgan fingerprint density at radius 3 is 2.27 bits per heavy atom. The molecule has 26 heavy (non-hydrogen) atoms. The maximum Gasteiger partial charge on any atom is 1.00 e. The summed E-state index contributed by atoms with van der Waals surface area (Å²) in [4.78, 5) is 15.4. The molecule has 1 aromatic heterocycles. The third-order valence-corrected chi connectivity index (χ3v) is 6.18. The molecule has 0 aliphatic rings. The van der Waals surface area contributed by atoms with E-state index in [1.807, 2.05) is 12.1 Å². The van der Waals surface area contributed by atoms with Crippen molar-refractivity contribution in [1.29, 1.82) is 10.5 Å². The van der Waals surface area contributed by atoms with E-state index in [1.165, 1.54) is 0 Å². The summed E-state index contributed by atoms with van der Waals surface area (Å²) in [6.07, 6.45) is 0. The van der Waals surface area contributed by atoms with Gasteiger partial charge < -0.3 is 0 Å². The molecule has 0 N–H and O–H groups in total. The van der Waals surface area contributed by atoms with Gasteiger partial charge >= 0.3 is 179 Å². The van der Waals surface area contributed by atoms with Crippen LogP contribution < -0.4 is 34.7 Å². The van der Waals surface area contributed by atoms with Crippen molar-refractivity contribution in [3.05, 3.63) is 63.7 Å². The van der Waals surface area contributed by atoms with Crippen molar-refractivity contribution in [2.45, 2.75) is 6.92 Å². The molecule has 0 bridgehead atoms. The zero-order valence-corrected chi connectivity index (χ0v) is 17.8. The number of aromatic carboxylic acids is 1. The van der Waals surface area contributed by atoms with Crippen LogP contribution in [0.1, 0.15) is 26.1 Å². The molecule has 0 atom stereocenters. The molecule has 0 amide bonds. The third kappa shape index (κ3) is 3.97. The molecule has 0 radical (unpaired) electrons. The molecule has 2 aromatic carbocycles. The van der Waals surface area contributed by atoms with E-state index in [4.69, 9.17) is 5.26 Å². The smallest absolute Gasteiger partial charge is 1.00 e. The summed E-state index contributed by atoms with van der Waals surface area (Å²) in [6, 6.07) is 16.6. The average molecular weight is 414 g/mol. The summed E-state index contributed by atoms with van der Waals surface area (Å²) in [7, 11) is 0. The molecule has 1 heterocycles. The fourth-order valence-electron chi connectivity index (χ4n) is 2.46. The van der Waals surface area contributed by atoms with Gasteiger partial charge in [-0.05, 0) is 0 Å². The molecule has 5 nitrogen and oxygen atoms in total. The molecular formula is C19H10N3NaO2Se. The molecule has 3 aromatic rings. The van der Waals surface area contributed by atoms with Crippen LogP contribution in [0.2, 0.25) is 0 Å². The van der Waals surface area contributed by atoms with Crippen LogP contribution in [-0.2, 0) is 0 Å². The average Bonchev–Trinajstić information content (AvgIpc) is 3.03. The largest absolute Gasteiger partial charge is 1.00 e. The van der Waals surface area contributed by atoms with Gasteiger partial charge in [-0.25, -0.2) is 0 Å². The zero-order valence-electron chi connectivity index (χ0n) is 14.1. The molecule has 0 saturated carbocycles. The van der Waals surface area contributed by atoms with E-state index in [-0.39, 0.29) is 34.0 Å². The Kier molecular flexibility index (Phi) is 6.56. The number of carboxylic acid groups (broad SMARTS) is 1. The topological polar surface area (TPSA) is 101 Å². The van der Waals surface area contributed by atoms with Gasteiger partial charge in [0.25, 0.3) is 0 Å². The maximum atomic E-state index is 11.1. The first-order chi connectivity index (χ1) is 12.0. The summed E-state index contributed by atoms with van der Waals surface area (Å²) < 4.78 is 0.907. The van der Waals surface area contributed by atoms with Crippen molar-refractivity contribution in [2.75, 3.05) is 0 Å². The van der Waals surface area contributed by atoms with Gasteiger partial charge in [0, 0.05) is 0 Å². The Labute approximate surface area is 178 Å². The monoisotopic (exact) mass is 415 g/mol. The van der Waals surface area contributed by atoms with Crippen molar-refractivity contribution in [2.24, 2.45) is 0 Å². The van der Waals surface area contributed by atoms with Crippen LogP contribution in [0.4, 0.5) is 0 Å². The molecule has 0 unspecified atom stereocenters. The number of benzene rings is 2. The number of carbonyl (C=O) groups is 1. The van der Waals surface area contributed by atoms with E-state index in [0.29, 0.717) is 21.4 Å². The van der Waals surface area contributed by atoms with Crippen LogP contribution >= 0.6 is 0 Å². The number of aryl methyl sites for hydroxylation is 1. The number of hydrogen-bond acceptors (Lipinski definition) is 5. The predicted octanol–water partition coefficient (Wildman–Crippen LogP) is -1.11. The van der Waals surface area contributed by atoms with Gasteiger partial charge in [-0.15, -0.1) is 0 Å². The van der Waals surface area contributed by atoms with Crippen LogP contribution in [0.15, 0.2) is 42.5 Å². The number of aromatic nitrogens is 1. The van der Waals surface area contributed by atoms with Crippen molar-refractivity contribution in [3.63, 3.8) is 0 Å². The summed E-state index contributed by atoms with van der Waals surface area (Å²) in [5.41, 5.74) is 3.82. The number of nitriles is 2. The van der Waals surface area contributed by atoms with E-state index in [1.54, 1.807) is 37.3 Å². The second-order valence-corrected chi connectivity index (χ2v) is 7.38. The molecule has 3 rings (SSSR count). The quantitative estimate of drug-likeness (QED) is 0.506. The molecule has 0 saturated heterocycles. The van der Waals surface area contributed by atoms with Gasteiger partial charge in [-0.3, -0.25) is 0 Å². The van der Waals surface area contributed by atoms with E-state index in [9.17, 15) is 15.2 Å². The Bertz CT molecular complexity index is 1060. The first-order valence-corrected chi connectivity index (χ1v) is 8.98. The Morgan fingerprint density at radius 1 is 1.08 bits per heavy atom. The fourth-order valence-corrected chi connectivity index (χ4v) is 4.34. The molecule has 0 fully saturated rings. The number of hydrogen-bond donors (Lipinski definition) is 0. The van der Waals surface area contributed by atoms with Gasteiger partial charge in [-0.1, -0.05) is 0 Å². The summed E-state index contributed by atoms with van der Waals surface area (Å²) in [6.45, 7) is 1.65. The van der Waals surface area contributed by atoms with Gasteiger partial charge in [0.2, 0.25) is 0 Å². The normalized spacial score (nSPS) is 9.65. The Morgan fingerprint density at radius 2 is 1.73 bits per heavy atom. The maximum absolute atomic E-state index is 11.1. The number of rotatable bonds is 3. The van der Waals surface area contributed by atoms with Crippen LogP contribution in [0.5, 0.6) is 0 Å². The minimum Gasteiger partial charge on any atom is 1.00 e. The SMILES string of the molecule is Cc1nc(-c2ccc(-c3ccc(C#N)cc3)c(C#N)c2)[se]c1C(=O)[O-].[Na+]. The molecule has 0 aliphatic heterocycles. The predicted molar refractivity (Wildman–Crippen MR) is 90.5 cm³/mol. The standard InChI is InChI=1S/C19H11N3O2Se.Na/c1-11-17(19(23)24)25-18(22-11)14-6-7-16(15(8-14)10-21)13-4-2-12(9-20)3-5-13;/h2-8H,1H3,(H,23,24);/q;+1/p-1. The number of nitrogens with zero attached hydrogens (tertiary/aromatic N) is 3. The van der Waals surface area contributed by atoms with Crippen molar-refractivity contribution < 1.29 is 39.5 Å². The Balaban J connectivity index is 0.00000243. The third-order valence-electron chi connectivity index (χ3n) is 3.69. The van der Waals surface area contributed by atoms with Gasteiger partial charge in [0.1, 0.15) is 0 Å². The van der Waals surface area contributed by atoms with Crippen LogP contribution in [0.3, 0.4) is 0 Å². The fraction of sp³-hybridized carbons (Fsp3) is 0.0526. The minimum atomic E-state index is -1.19. The molecule has 7 heteroatoms. The molecule has 0 spiro atoms. The van der Waals surface area contributed by atoms with Crippen molar-refractivity contribution in [3.8, 4) is 33.4 Å². The van der Waals surface area contributed by atoms with Crippen LogP contribution in [0, 0.1) is 29.6 Å². The van der Waals surface area contributed by atoms with Crippen LogP contribution in [0.25, 0.3) is 21.3 Å². The first-order valence-electron chi connectivity index (χ1n) is 7.27. The molecule has 120 valence electrons.